The van der Waals surface area contributed by atoms with Gasteiger partial charge in [0.15, 0.2) is 0 Å². The SMILES string of the molecule is C=C1CC1C(=O)Nc1ccccn1. The zero-order valence-electron chi connectivity index (χ0n) is 7.16. The molecule has 1 aliphatic carbocycles. The number of carbonyl (C=O) groups excluding carboxylic acids is 1. The van der Waals surface area contributed by atoms with E-state index >= 15 is 0 Å². The van der Waals surface area contributed by atoms with Crippen LogP contribution < -0.4 is 5.32 Å². The molecular weight excluding hydrogens is 164 g/mol. The largest absolute Gasteiger partial charge is 0.310 e. The number of nitrogens with zero attached hydrogens (tertiary/aromatic N) is 1. The van der Waals surface area contributed by atoms with Crippen molar-refractivity contribution in [1.29, 1.82) is 0 Å². The molecule has 66 valence electrons. The van der Waals surface area contributed by atoms with Crippen molar-refractivity contribution in [2.75, 3.05) is 5.32 Å². The van der Waals surface area contributed by atoms with Gasteiger partial charge in [0, 0.05) is 6.20 Å². The number of aromatic nitrogens is 1. The van der Waals surface area contributed by atoms with Gasteiger partial charge >= 0.3 is 0 Å². The van der Waals surface area contributed by atoms with Crippen LogP contribution in [0.1, 0.15) is 6.42 Å². The minimum absolute atomic E-state index is 0.00343. The Morgan fingerprint density at radius 2 is 2.38 bits per heavy atom. The van der Waals surface area contributed by atoms with E-state index in [9.17, 15) is 4.79 Å². The van der Waals surface area contributed by atoms with Crippen molar-refractivity contribution in [3.8, 4) is 0 Å². The zero-order chi connectivity index (χ0) is 9.26. The number of nitrogens with one attached hydrogen (secondary N) is 1. The molecule has 1 N–H and O–H groups in total. The Morgan fingerprint density at radius 1 is 1.62 bits per heavy atom. The van der Waals surface area contributed by atoms with Crippen LogP contribution in [0.4, 0.5) is 5.82 Å². The number of amides is 1. The monoisotopic (exact) mass is 174 g/mol. The van der Waals surface area contributed by atoms with E-state index in [0.29, 0.717) is 5.82 Å². The first kappa shape index (κ1) is 7.98. The van der Waals surface area contributed by atoms with Gasteiger partial charge in [-0.3, -0.25) is 4.79 Å². The normalized spacial score (nSPS) is 19.7. The molecule has 0 saturated heterocycles. The number of carbonyl (C=O) groups is 1. The average molecular weight is 174 g/mol. The molecule has 1 atom stereocenters. The van der Waals surface area contributed by atoms with Gasteiger partial charge in [0.1, 0.15) is 5.82 Å². The van der Waals surface area contributed by atoms with E-state index in [0.717, 1.165) is 12.0 Å². The fourth-order valence-electron chi connectivity index (χ4n) is 1.13. The molecule has 1 aliphatic rings. The van der Waals surface area contributed by atoms with Gasteiger partial charge in [-0.15, -0.1) is 0 Å². The Balaban J connectivity index is 1.99. The lowest BCUT2D eigenvalue weighted by Crippen LogP contribution is -2.14. The Hall–Kier alpha value is -1.64. The average Bonchev–Trinajstić information content (AvgIpc) is 2.84. The smallest absolute Gasteiger partial charge is 0.233 e. The topological polar surface area (TPSA) is 42.0 Å². The summed E-state index contributed by atoms with van der Waals surface area (Å²) in [5.74, 6) is 0.623. The van der Waals surface area contributed by atoms with Gasteiger partial charge in [0.05, 0.1) is 5.92 Å². The van der Waals surface area contributed by atoms with E-state index in [1.165, 1.54) is 0 Å². The van der Waals surface area contributed by atoms with Crippen molar-refractivity contribution in [1.82, 2.24) is 4.98 Å². The van der Waals surface area contributed by atoms with Gasteiger partial charge in [0.25, 0.3) is 0 Å². The maximum Gasteiger partial charge on any atom is 0.233 e. The van der Waals surface area contributed by atoms with Crippen molar-refractivity contribution in [2.45, 2.75) is 6.42 Å². The summed E-state index contributed by atoms with van der Waals surface area (Å²) >= 11 is 0. The minimum atomic E-state index is 0.00343. The molecule has 0 aromatic carbocycles. The predicted octanol–water partition coefficient (Wildman–Crippen LogP) is 1.60. The quantitative estimate of drug-likeness (QED) is 0.692. The summed E-state index contributed by atoms with van der Waals surface area (Å²) < 4.78 is 0. The van der Waals surface area contributed by atoms with E-state index < -0.39 is 0 Å². The molecule has 1 saturated carbocycles. The molecule has 1 aromatic heterocycles. The molecule has 1 heterocycles. The number of anilines is 1. The summed E-state index contributed by atoms with van der Waals surface area (Å²) in [6.45, 7) is 3.73. The summed E-state index contributed by atoms with van der Waals surface area (Å²) in [6, 6.07) is 5.42. The summed E-state index contributed by atoms with van der Waals surface area (Å²) in [5.41, 5.74) is 1.01. The van der Waals surface area contributed by atoms with Crippen molar-refractivity contribution < 1.29 is 4.79 Å². The summed E-state index contributed by atoms with van der Waals surface area (Å²) in [4.78, 5) is 15.4. The van der Waals surface area contributed by atoms with Crippen LogP contribution in [0.2, 0.25) is 0 Å². The third-order valence-electron chi connectivity index (χ3n) is 2.03. The highest BCUT2D eigenvalue weighted by Crippen LogP contribution is 2.36. The second kappa shape index (κ2) is 3.01. The second-order valence-corrected chi connectivity index (χ2v) is 3.12. The highest BCUT2D eigenvalue weighted by atomic mass is 16.2. The molecule has 1 amide bonds. The van der Waals surface area contributed by atoms with Crippen LogP contribution in [0.5, 0.6) is 0 Å². The summed E-state index contributed by atoms with van der Waals surface area (Å²) in [6.07, 6.45) is 2.47. The second-order valence-electron chi connectivity index (χ2n) is 3.12. The third-order valence-corrected chi connectivity index (χ3v) is 2.03. The molecule has 1 aromatic rings. The zero-order valence-corrected chi connectivity index (χ0v) is 7.16. The lowest BCUT2D eigenvalue weighted by atomic mass is 10.3. The minimum Gasteiger partial charge on any atom is -0.310 e. The number of hydrogen-bond acceptors (Lipinski definition) is 2. The Kier molecular flexibility index (Phi) is 1.85. The van der Waals surface area contributed by atoms with Crippen molar-refractivity contribution in [3.05, 3.63) is 36.5 Å². The summed E-state index contributed by atoms with van der Waals surface area (Å²) in [7, 11) is 0. The van der Waals surface area contributed by atoms with Gasteiger partial charge in [-0.2, -0.15) is 0 Å². The lowest BCUT2D eigenvalue weighted by Gasteiger charge is -2.00. The van der Waals surface area contributed by atoms with Crippen molar-refractivity contribution >= 4 is 11.7 Å². The lowest BCUT2D eigenvalue weighted by molar-refractivity contribution is -0.117. The Labute approximate surface area is 76.5 Å². The van der Waals surface area contributed by atoms with E-state index in [1.54, 1.807) is 12.3 Å². The van der Waals surface area contributed by atoms with Gasteiger partial charge in [-0.05, 0) is 18.6 Å². The van der Waals surface area contributed by atoms with E-state index in [4.69, 9.17) is 0 Å². The molecule has 3 heteroatoms. The molecule has 13 heavy (non-hydrogen) atoms. The maximum atomic E-state index is 11.4. The Bertz CT molecular complexity index is 345. The fourth-order valence-corrected chi connectivity index (χ4v) is 1.13. The maximum absolute atomic E-state index is 11.4. The first-order valence-electron chi connectivity index (χ1n) is 4.17. The highest BCUT2D eigenvalue weighted by molar-refractivity contribution is 5.96. The van der Waals surface area contributed by atoms with Crippen LogP contribution in [-0.2, 0) is 4.79 Å². The first-order valence-corrected chi connectivity index (χ1v) is 4.17. The van der Waals surface area contributed by atoms with Crippen LogP contribution in [0.3, 0.4) is 0 Å². The number of rotatable bonds is 2. The van der Waals surface area contributed by atoms with Gasteiger partial charge < -0.3 is 5.32 Å². The first-order chi connectivity index (χ1) is 6.27. The molecule has 0 radical (unpaired) electrons. The van der Waals surface area contributed by atoms with Crippen LogP contribution in [0.25, 0.3) is 0 Å². The number of hydrogen-bond donors (Lipinski definition) is 1. The van der Waals surface area contributed by atoms with Crippen molar-refractivity contribution in [3.63, 3.8) is 0 Å². The molecule has 0 aliphatic heterocycles. The molecule has 1 unspecified atom stereocenters. The van der Waals surface area contributed by atoms with Crippen molar-refractivity contribution in [2.24, 2.45) is 5.92 Å². The molecule has 2 rings (SSSR count). The van der Waals surface area contributed by atoms with E-state index in [2.05, 4.69) is 16.9 Å². The number of pyridine rings is 1. The van der Waals surface area contributed by atoms with Crippen LogP contribution >= 0.6 is 0 Å². The summed E-state index contributed by atoms with van der Waals surface area (Å²) in [5, 5.41) is 2.72. The van der Waals surface area contributed by atoms with Gasteiger partial charge in [-0.25, -0.2) is 4.98 Å². The Morgan fingerprint density at radius 3 is 2.92 bits per heavy atom. The molecule has 3 nitrogen and oxygen atoms in total. The third kappa shape index (κ3) is 1.75. The molecule has 1 fully saturated rings. The van der Waals surface area contributed by atoms with Crippen LogP contribution in [-0.4, -0.2) is 10.9 Å². The molecular formula is C10H10N2O. The van der Waals surface area contributed by atoms with Crippen LogP contribution in [0.15, 0.2) is 36.5 Å². The fraction of sp³-hybridized carbons (Fsp3) is 0.200. The van der Waals surface area contributed by atoms with Gasteiger partial charge in [-0.1, -0.05) is 18.2 Å². The molecule has 0 spiro atoms. The van der Waals surface area contributed by atoms with E-state index in [1.807, 2.05) is 12.1 Å². The molecule has 0 bridgehead atoms. The highest BCUT2D eigenvalue weighted by Gasteiger charge is 2.34. The van der Waals surface area contributed by atoms with Crippen LogP contribution in [0, 0.1) is 5.92 Å². The van der Waals surface area contributed by atoms with E-state index in [-0.39, 0.29) is 11.8 Å². The predicted molar refractivity (Wildman–Crippen MR) is 50.1 cm³/mol. The standard InChI is InChI=1S/C10H10N2O/c1-7-6-8(7)10(13)12-9-4-2-3-5-11-9/h2-5,8H,1,6H2,(H,11,12,13). The van der Waals surface area contributed by atoms with Gasteiger partial charge in [0.2, 0.25) is 5.91 Å².